The van der Waals surface area contributed by atoms with Gasteiger partial charge in [0.25, 0.3) is 15.9 Å². The van der Waals surface area contributed by atoms with Gasteiger partial charge in [-0.15, -0.1) is 0 Å². The lowest BCUT2D eigenvalue weighted by Gasteiger charge is -2.16. The molecule has 0 heterocycles. The van der Waals surface area contributed by atoms with Gasteiger partial charge in [0.1, 0.15) is 18.1 Å². The van der Waals surface area contributed by atoms with E-state index >= 15 is 0 Å². The lowest BCUT2D eigenvalue weighted by atomic mass is 10.2. The highest BCUT2D eigenvalue weighted by molar-refractivity contribution is 7.92. The Bertz CT molecular complexity index is 1120. The van der Waals surface area contributed by atoms with Crippen LogP contribution in [0.5, 0.6) is 11.5 Å². The van der Waals surface area contributed by atoms with Gasteiger partial charge in [0, 0.05) is 11.3 Å². The smallest absolute Gasteiger partial charge is 0.261 e. The second kappa shape index (κ2) is 9.99. The molecule has 0 bridgehead atoms. The number of hydrogen-bond donors (Lipinski definition) is 2. The van der Waals surface area contributed by atoms with Crippen LogP contribution in [0.1, 0.15) is 17.3 Å². The summed E-state index contributed by atoms with van der Waals surface area (Å²) in [5.74, 6) is 1.07. The Morgan fingerprint density at radius 2 is 1.61 bits per heavy atom. The zero-order chi connectivity index (χ0) is 22.3. The summed E-state index contributed by atoms with van der Waals surface area (Å²) in [5.41, 5.74) is 0.642. The molecule has 0 fully saturated rings. The van der Waals surface area contributed by atoms with Crippen molar-refractivity contribution in [3.05, 3.63) is 84.4 Å². The van der Waals surface area contributed by atoms with Crippen molar-refractivity contribution >= 4 is 21.6 Å². The molecule has 0 saturated heterocycles. The quantitative estimate of drug-likeness (QED) is 0.529. The Morgan fingerprint density at radius 1 is 0.935 bits per heavy atom. The molecule has 3 rings (SSSR count). The molecule has 1 atom stereocenters. The van der Waals surface area contributed by atoms with Crippen molar-refractivity contribution in [1.82, 2.24) is 5.32 Å². The summed E-state index contributed by atoms with van der Waals surface area (Å²) in [6, 6.07) is 21.3. The van der Waals surface area contributed by atoms with Crippen molar-refractivity contribution in [2.75, 3.05) is 18.4 Å². The summed E-state index contributed by atoms with van der Waals surface area (Å²) >= 11 is 0. The van der Waals surface area contributed by atoms with Gasteiger partial charge in [0.05, 0.1) is 18.0 Å². The highest BCUT2D eigenvalue weighted by Crippen LogP contribution is 2.18. The fraction of sp³-hybridized carbons (Fsp3) is 0.174. The Kier molecular flexibility index (Phi) is 7.15. The molecular weight excluding hydrogens is 416 g/mol. The first-order chi connectivity index (χ1) is 14.9. The van der Waals surface area contributed by atoms with Gasteiger partial charge in [-0.05, 0) is 61.5 Å². The molecule has 0 aromatic heterocycles. The lowest BCUT2D eigenvalue weighted by Crippen LogP contribution is -2.36. The predicted molar refractivity (Wildman–Crippen MR) is 119 cm³/mol. The fourth-order valence-electron chi connectivity index (χ4n) is 2.78. The molecule has 1 unspecified atom stereocenters. The summed E-state index contributed by atoms with van der Waals surface area (Å²) in [7, 11) is -2.14. The van der Waals surface area contributed by atoms with Crippen LogP contribution in [-0.4, -0.2) is 34.1 Å². The molecule has 0 spiro atoms. The molecule has 3 aromatic carbocycles. The van der Waals surface area contributed by atoms with E-state index in [2.05, 4.69) is 10.0 Å². The minimum absolute atomic E-state index is 0.147. The summed E-state index contributed by atoms with van der Waals surface area (Å²) in [6.45, 7) is 2.10. The van der Waals surface area contributed by atoms with Crippen LogP contribution < -0.4 is 19.5 Å². The monoisotopic (exact) mass is 440 g/mol. The average molecular weight is 441 g/mol. The van der Waals surface area contributed by atoms with Gasteiger partial charge in [-0.2, -0.15) is 0 Å². The third kappa shape index (κ3) is 6.23. The molecule has 0 saturated carbocycles. The van der Waals surface area contributed by atoms with Gasteiger partial charge in [0.2, 0.25) is 0 Å². The molecule has 2 N–H and O–H groups in total. The largest absolute Gasteiger partial charge is 0.497 e. The van der Waals surface area contributed by atoms with E-state index < -0.39 is 10.0 Å². The summed E-state index contributed by atoms with van der Waals surface area (Å²) in [6.07, 6.45) is 0. The van der Waals surface area contributed by atoms with Crippen LogP contribution in [-0.2, 0) is 10.0 Å². The highest BCUT2D eigenvalue weighted by atomic mass is 32.2. The van der Waals surface area contributed by atoms with Crippen LogP contribution in [0.2, 0.25) is 0 Å². The van der Waals surface area contributed by atoms with Crippen LogP contribution in [0, 0.1) is 0 Å². The Balaban J connectivity index is 1.59. The minimum atomic E-state index is -3.73. The molecule has 0 aliphatic heterocycles. The number of methoxy groups -OCH3 is 1. The number of carbonyl (C=O) groups is 1. The van der Waals surface area contributed by atoms with Gasteiger partial charge < -0.3 is 14.8 Å². The van der Waals surface area contributed by atoms with Crippen LogP contribution in [0.4, 0.5) is 5.69 Å². The Labute approximate surface area is 182 Å². The molecule has 162 valence electrons. The van der Waals surface area contributed by atoms with Gasteiger partial charge >= 0.3 is 0 Å². The van der Waals surface area contributed by atoms with E-state index in [0.717, 1.165) is 5.75 Å². The highest BCUT2D eigenvalue weighted by Gasteiger charge is 2.15. The number of amides is 1. The van der Waals surface area contributed by atoms with Crippen molar-refractivity contribution in [3.63, 3.8) is 0 Å². The summed E-state index contributed by atoms with van der Waals surface area (Å²) in [4.78, 5) is 12.7. The number of benzene rings is 3. The number of hydrogen-bond acceptors (Lipinski definition) is 5. The summed E-state index contributed by atoms with van der Waals surface area (Å²) < 4.78 is 38.3. The maximum Gasteiger partial charge on any atom is 0.261 e. The Hall–Kier alpha value is -3.52. The van der Waals surface area contributed by atoms with Gasteiger partial charge in [0.15, 0.2) is 0 Å². The maximum atomic E-state index is 12.6. The third-order valence-electron chi connectivity index (χ3n) is 4.37. The number of carbonyl (C=O) groups excluding carboxylic acids is 1. The van der Waals surface area contributed by atoms with E-state index in [4.69, 9.17) is 9.47 Å². The van der Waals surface area contributed by atoms with Crippen molar-refractivity contribution < 1.29 is 22.7 Å². The molecule has 0 aliphatic rings. The first-order valence-corrected chi connectivity index (χ1v) is 11.1. The van der Waals surface area contributed by atoms with Crippen LogP contribution >= 0.6 is 0 Å². The zero-order valence-electron chi connectivity index (χ0n) is 17.2. The van der Waals surface area contributed by atoms with E-state index in [1.165, 1.54) is 18.2 Å². The molecule has 0 aliphatic carbocycles. The number of ether oxygens (including phenoxy) is 2. The zero-order valence-corrected chi connectivity index (χ0v) is 18.1. The van der Waals surface area contributed by atoms with E-state index in [0.29, 0.717) is 17.0 Å². The average Bonchev–Trinajstić information content (AvgIpc) is 2.78. The van der Waals surface area contributed by atoms with E-state index in [1.807, 2.05) is 6.92 Å². The van der Waals surface area contributed by atoms with E-state index in [-0.39, 0.29) is 23.5 Å². The molecule has 0 radical (unpaired) electrons. The molecule has 31 heavy (non-hydrogen) atoms. The SMILES string of the molecule is COc1ccc(OCC(C)NC(=O)c2cccc(NS(=O)(=O)c3ccccc3)c2)cc1. The minimum Gasteiger partial charge on any atom is -0.497 e. The first-order valence-electron chi connectivity index (χ1n) is 9.63. The van der Waals surface area contributed by atoms with Crippen LogP contribution in [0.25, 0.3) is 0 Å². The van der Waals surface area contributed by atoms with Gasteiger partial charge in [-0.25, -0.2) is 8.42 Å². The lowest BCUT2D eigenvalue weighted by molar-refractivity contribution is 0.0926. The topological polar surface area (TPSA) is 93.7 Å². The molecule has 7 nitrogen and oxygen atoms in total. The predicted octanol–water partition coefficient (Wildman–Crippen LogP) is 3.69. The first kappa shape index (κ1) is 22.2. The molecule has 1 amide bonds. The molecule has 3 aromatic rings. The summed E-state index contributed by atoms with van der Waals surface area (Å²) in [5, 5.41) is 2.84. The second-order valence-corrected chi connectivity index (χ2v) is 8.54. The van der Waals surface area contributed by atoms with E-state index in [1.54, 1.807) is 67.8 Å². The van der Waals surface area contributed by atoms with Crippen molar-refractivity contribution in [2.45, 2.75) is 17.9 Å². The number of nitrogens with one attached hydrogen (secondary N) is 2. The van der Waals surface area contributed by atoms with E-state index in [9.17, 15) is 13.2 Å². The van der Waals surface area contributed by atoms with Crippen LogP contribution in [0.3, 0.4) is 0 Å². The third-order valence-corrected chi connectivity index (χ3v) is 5.76. The van der Waals surface area contributed by atoms with Gasteiger partial charge in [-0.3, -0.25) is 9.52 Å². The van der Waals surface area contributed by atoms with Crippen molar-refractivity contribution in [2.24, 2.45) is 0 Å². The van der Waals surface area contributed by atoms with Gasteiger partial charge in [-0.1, -0.05) is 24.3 Å². The van der Waals surface area contributed by atoms with Crippen molar-refractivity contribution in [1.29, 1.82) is 0 Å². The molecular formula is C23H24N2O5S. The maximum absolute atomic E-state index is 12.6. The number of rotatable bonds is 9. The van der Waals surface area contributed by atoms with Crippen molar-refractivity contribution in [3.8, 4) is 11.5 Å². The number of sulfonamides is 1. The normalized spacial score (nSPS) is 11.9. The standard InChI is InChI=1S/C23H24N2O5S/c1-17(16-30-21-13-11-20(29-2)12-14-21)24-23(26)18-7-6-8-19(15-18)25-31(27,28)22-9-4-3-5-10-22/h3-15,17,25H,16H2,1-2H3,(H,24,26). The molecule has 8 heteroatoms. The Morgan fingerprint density at radius 3 is 2.29 bits per heavy atom. The number of anilines is 1. The second-order valence-electron chi connectivity index (χ2n) is 6.86. The fourth-order valence-corrected chi connectivity index (χ4v) is 3.85. The van der Waals surface area contributed by atoms with Crippen LogP contribution in [0.15, 0.2) is 83.8 Å².